The van der Waals surface area contributed by atoms with Gasteiger partial charge in [0, 0.05) is 11.8 Å². The lowest BCUT2D eigenvalue weighted by atomic mass is 10.0. The van der Waals surface area contributed by atoms with Crippen molar-refractivity contribution in [1.82, 2.24) is 15.2 Å². The number of carbonyl (C=O) groups is 3. The fraction of sp³-hybridized carbons (Fsp3) is 0.429. The minimum atomic E-state index is -0.935. The van der Waals surface area contributed by atoms with Crippen molar-refractivity contribution in [3.63, 3.8) is 0 Å². The quantitative estimate of drug-likeness (QED) is 0.208. The first-order valence-electron chi connectivity index (χ1n) is 10.2. The van der Waals surface area contributed by atoms with Crippen molar-refractivity contribution < 1.29 is 19.1 Å². The summed E-state index contributed by atoms with van der Waals surface area (Å²) in [6.45, 7) is 5.22. The zero-order chi connectivity index (χ0) is 23.5. The molecular formula is C21H25N7O4. The first-order valence-corrected chi connectivity index (χ1v) is 10.2. The predicted octanol–water partition coefficient (Wildman–Crippen LogP) is 3.57. The number of nitrogens with zero attached hydrogens (tertiary/aromatic N) is 6. The van der Waals surface area contributed by atoms with Crippen molar-refractivity contribution in [3.8, 4) is 0 Å². The van der Waals surface area contributed by atoms with Gasteiger partial charge in [-0.1, -0.05) is 12.1 Å². The second-order valence-corrected chi connectivity index (χ2v) is 7.64. The second-order valence-electron chi connectivity index (χ2n) is 7.64. The number of azide groups is 1. The monoisotopic (exact) mass is 439 g/mol. The molecule has 1 aromatic carbocycles. The molecule has 0 bridgehead atoms. The zero-order valence-corrected chi connectivity index (χ0v) is 18.4. The minimum absolute atomic E-state index is 0.0149. The maximum atomic E-state index is 13.4. The zero-order valence-electron chi connectivity index (χ0n) is 18.4. The van der Waals surface area contributed by atoms with Crippen molar-refractivity contribution >= 4 is 23.3 Å². The van der Waals surface area contributed by atoms with E-state index in [0.29, 0.717) is 18.5 Å². The predicted molar refractivity (Wildman–Crippen MR) is 116 cm³/mol. The van der Waals surface area contributed by atoms with Crippen molar-refractivity contribution in [2.75, 3.05) is 18.6 Å². The average Bonchev–Trinajstić information content (AvgIpc) is 3.42. The number of aromatic nitrogens is 2. The topological polar surface area (TPSA) is 144 Å². The lowest BCUT2D eigenvalue weighted by Crippen LogP contribution is -2.47. The van der Waals surface area contributed by atoms with Gasteiger partial charge in [-0.05, 0) is 56.5 Å². The van der Waals surface area contributed by atoms with Gasteiger partial charge in [-0.25, -0.2) is 9.80 Å². The molecule has 1 unspecified atom stereocenters. The highest BCUT2D eigenvalue weighted by molar-refractivity contribution is 6.12. The Kier molecular flexibility index (Phi) is 6.50. The van der Waals surface area contributed by atoms with E-state index in [1.807, 2.05) is 19.1 Å². The van der Waals surface area contributed by atoms with Crippen molar-refractivity contribution in [1.29, 1.82) is 0 Å². The molecule has 1 amide bonds. The number of aromatic amines is 1. The molecule has 2 aromatic rings. The molecule has 11 nitrogen and oxygen atoms in total. The highest BCUT2D eigenvalue weighted by Gasteiger charge is 2.55. The third kappa shape index (κ3) is 4.28. The molecule has 32 heavy (non-hydrogen) atoms. The summed E-state index contributed by atoms with van der Waals surface area (Å²) in [5, 5.41) is 11.6. The fourth-order valence-corrected chi connectivity index (χ4v) is 3.53. The first kappa shape index (κ1) is 22.8. The number of Topliss-reactive ketones (excluding diaryl/α,β-unsaturated/α-hetero) is 1. The molecule has 0 aliphatic heterocycles. The van der Waals surface area contributed by atoms with Crippen LogP contribution < -0.4 is 4.90 Å². The summed E-state index contributed by atoms with van der Waals surface area (Å²) < 4.78 is 4.93. The number of carbonyl (C=O) groups excluding carboxylic acids is 3. The summed E-state index contributed by atoms with van der Waals surface area (Å²) in [5.74, 6) is -1.22. The number of H-pyrrole nitrogens is 1. The Balaban J connectivity index is 1.94. The summed E-state index contributed by atoms with van der Waals surface area (Å²) in [5.41, 5.74) is 9.18. The molecule has 3 rings (SSSR count). The summed E-state index contributed by atoms with van der Waals surface area (Å²) in [6, 6.07) is 8.26. The van der Waals surface area contributed by atoms with Crippen molar-refractivity contribution in [3.05, 3.63) is 57.7 Å². The van der Waals surface area contributed by atoms with Crippen LogP contribution in [0.15, 0.2) is 35.6 Å². The van der Waals surface area contributed by atoms with Gasteiger partial charge in [0.25, 0.3) is 5.91 Å². The maximum Gasteiger partial charge on any atom is 0.356 e. The van der Waals surface area contributed by atoms with Crippen LogP contribution in [0.4, 0.5) is 5.69 Å². The normalized spacial score (nSPS) is 14.6. The Labute approximate surface area is 184 Å². The Morgan fingerprint density at radius 3 is 2.50 bits per heavy atom. The van der Waals surface area contributed by atoms with Gasteiger partial charge in [-0.15, -0.1) is 5.53 Å². The van der Waals surface area contributed by atoms with Gasteiger partial charge in [0.05, 0.1) is 13.7 Å². The number of ketones is 1. The molecule has 1 aliphatic carbocycles. The standard InChI is InChI=1S/C21H25N7O4/c1-5-32-20(31)18-12-17(23-24-18)19(30)28(21(10-11-21)14(3)29)16-8-6-15(7-9-16)13(2)27(4)26-25-22/h6-9,12-13H,5,10-11H2,1-4H3,(H,23,24). The SMILES string of the molecule is CCOC(=O)c1cc(C(=O)N(c2ccc(C(C)N(C)N=[N+]=[N-])cc2)C2(C(C)=O)CC2)n[nH]1. The van der Waals surface area contributed by atoms with E-state index in [9.17, 15) is 14.4 Å². The highest BCUT2D eigenvalue weighted by atomic mass is 16.5. The Bertz CT molecular complexity index is 1070. The van der Waals surface area contributed by atoms with E-state index in [1.165, 1.54) is 22.9 Å². The molecule has 1 aromatic heterocycles. The van der Waals surface area contributed by atoms with Crippen molar-refractivity contribution in [2.45, 2.75) is 45.2 Å². The first-order chi connectivity index (χ1) is 15.2. The summed E-state index contributed by atoms with van der Waals surface area (Å²) in [4.78, 5) is 42.1. The van der Waals surface area contributed by atoms with Crippen LogP contribution in [0.25, 0.3) is 10.4 Å². The van der Waals surface area contributed by atoms with Crippen LogP contribution in [0.1, 0.15) is 66.2 Å². The van der Waals surface area contributed by atoms with E-state index in [4.69, 9.17) is 10.3 Å². The summed E-state index contributed by atoms with van der Waals surface area (Å²) in [6.07, 6.45) is 1.09. The second kappa shape index (κ2) is 9.11. The van der Waals surface area contributed by atoms with E-state index in [0.717, 1.165) is 5.56 Å². The number of amides is 1. The molecule has 1 N–H and O–H groups in total. The van der Waals surface area contributed by atoms with Crippen LogP contribution >= 0.6 is 0 Å². The van der Waals surface area contributed by atoms with Gasteiger partial charge >= 0.3 is 5.97 Å². The summed E-state index contributed by atoms with van der Waals surface area (Å²) >= 11 is 0. The molecule has 168 valence electrons. The van der Waals surface area contributed by atoms with Crippen LogP contribution in [-0.2, 0) is 9.53 Å². The molecule has 0 saturated heterocycles. The van der Waals surface area contributed by atoms with Gasteiger partial charge < -0.3 is 4.74 Å². The molecule has 1 heterocycles. The molecule has 1 fully saturated rings. The number of hydrogen-bond donors (Lipinski definition) is 1. The Morgan fingerprint density at radius 1 is 1.31 bits per heavy atom. The number of rotatable bonds is 9. The van der Waals surface area contributed by atoms with E-state index < -0.39 is 17.4 Å². The Hall–Kier alpha value is -3.85. The highest BCUT2D eigenvalue weighted by Crippen LogP contribution is 2.46. The Morgan fingerprint density at radius 2 is 1.97 bits per heavy atom. The average molecular weight is 439 g/mol. The molecule has 0 radical (unpaired) electrons. The largest absolute Gasteiger partial charge is 0.461 e. The van der Waals surface area contributed by atoms with Gasteiger partial charge in [0.15, 0.2) is 11.5 Å². The number of anilines is 1. The number of esters is 1. The third-order valence-electron chi connectivity index (χ3n) is 5.68. The number of hydrogen-bond acceptors (Lipinski definition) is 6. The number of ether oxygens (including phenoxy) is 1. The summed E-state index contributed by atoms with van der Waals surface area (Å²) in [7, 11) is 1.67. The number of nitrogens with one attached hydrogen (secondary N) is 1. The van der Waals surface area contributed by atoms with Gasteiger partial charge in [0.1, 0.15) is 17.3 Å². The third-order valence-corrected chi connectivity index (χ3v) is 5.68. The molecular weight excluding hydrogens is 414 g/mol. The number of benzene rings is 1. The molecule has 1 saturated carbocycles. The molecule has 11 heteroatoms. The lowest BCUT2D eigenvalue weighted by Gasteiger charge is -2.30. The van der Waals surface area contributed by atoms with E-state index in [2.05, 4.69) is 20.3 Å². The van der Waals surface area contributed by atoms with Gasteiger partial charge in [0.2, 0.25) is 0 Å². The minimum Gasteiger partial charge on any atom is -0.461 e. The van der Waals surface area contributed by atoms with Crippen LogP contribution in [0.3, 0.4) is 0 Å². The molecule has 1 aliphatic rings. The van der Waals surface area contributed by atoms with E-state index in [-0.39, 0.29) is 29.8 Å². The van der Waals surface area contributed by atoms with Gasteiger partial charge in [-0.2, -0.15) is 10.0 Å². The van der Waals surface area contributed by atoms with Gasteiger partial charge in [-0.3, -0.25) is 19.6 Å². The van der Waals surface area contributed by atoms with Crippen LogP contribution in [0, 0.1) is 0 Å². The smallest absolute Gasteiger partial charge is 0.356 e. The van der Waals surface area contributed by atoms with Crippen LogP contribution in [0.2, 0.25) is 0 Å². The lowest BCUT2D eigenvalue weighted by molar-refractivity contribution is -0.119. The van der Waals surface area contributed by atoms with Crippen LogP contribution in [0.5, 0.6) is 0 Å². The van der Waals surface area contributed by atoms with E-state index >= 15 is 0 Å². The molecule has 1 atom stereocenters. The molecule has 0 spiro atoms. The van der Waals surface area contributed by atoms with Crippen molar-refractivity contribution in [2.24, 2.45) is 5.22 Å². The fourth-order valence-electron chi connectivity index (χ4n) is 3.53. The van der Waals surface area contributed by atoms with Crippen LogP contribution in [-0.4, -0.2) is 52.1 Å². The maximum absolute atomic E-state index is 13.4. The van der Waals surface area contributed by atoms with E-state index in [1.54, 1.807) is 26.1 Å².